The number of imide groups is 3. The van der Waals surface area contributed by atoms with Crippen LogP contribution in [0.1, 0.15) is 24.2 Å². The van der Waals surface area contributed by atoms with Gasteiger partial charge in [-0.05, 0) is 32.0 Å². The first-order valence-corrected chi connectivity index (χ1v) is 5.72. The Morgan fingerprint density at radius 3 is 2.53 bits per heavy atom. The van der Waals surface area contributed by atoms with Gasteiger partial charge in [-0.1, -0.05) is 6.07 Å². The van der Waals surface area contributed by atoms with Crippen molar-refractivity contribution in [2.75, 3.05) is 7.11 Å². The molecule has 100 valence electrons. The smallest absolute Gasteiger partial charge is 0.332 e. The number of carbonyl (C=O) groups is 3. The number of rotatable bonds is 2. The number of benzene rings is 1. The molecular weight excluding hydrogens is 248 g/mol. The molecule has 1 aliphatic rings. The van der Waals surface area contributed by atoms with E-state index in [2.05, 4.69) is 5.32 Å². The number of ether oxygens (including phenoxy) is 1. The van der Waals surface area contributed by atoms with Crippen molar-refractivity contribution in [1.82, 2.24) is 10.2 Å². The van der Waals surface area contributed by atoms with Crippen molar-refractivity contribution in [1.29, 1.82) is 0 Å². The Hall–Kier alpha value is -2.37. The lowest BCUT2D eigenvalue weighted by Crippen LogP contribution is -2.41. The number of hydrogen-bond acceptors (Lipinski definition) is 4. The third-order valence-electron chi connectivity index (χ3n) is 2.88. The highest BCUT2D eigenvalue weighted by molar-refractivity contribution is 6.21. The minimum atomic E-state index is -1.06. The van der Waals surface area contributed by atoms with Crippen molar-refractivity contribution in [3.8, 4) is 5.75 Å². The molecule has 1 heterocycles. The summed E-state index contributed by atoms with van der Waals surface area (Å²) in [4.78, 5) is 36.5. The highest BCUT2D eigenvalue weighted by atomic mass is 16.5. The van der Waals surface area contributed by atoms with E-state index in [1.54, 1.807) is 26.0 Å². The Morgan fingerprint density at radius 2 is 2.00 bits per heavy atom. The number of nitrogens with one attached hydrogen (secondary N) is 1. The van der Waals surface area contributed by atoms with Crippen LogP contribution in [0.3, 0.4) is 0 Å². The Balaban J connectivity index is 2.34. The summed E-state index contributed by atoms with van der Waals surface area (Å²) in [5.74, 6) is -0.741. The van der Waals surface area contributed by atoms with Crippen molar-refractivity contribution >= 4 is 17.8 Å². The van der Waals surface area contributed by atoms with Crippen LogP contribution >= 0.6 is 0 Å². The van der Waals surface area contributed by atoms with Crippen LogP contribution in [0, 0.1) is 0 Å². The third-order valence-corrected chi connectivity index (χ3v) is 2.88. The van der Waals surface area contributed by atoms with Crippen LogP contribution in [0.5, 0.6) is 5.75 Å². The number of urea groups is 1. The molecule has 0 unspecified atom stereocenters. The summed E-state index contributed by atoms with van der Waals surface area (Å²) >= 11 is 0. The van der Waals surface area contributed by atoms with Gasteiger partial charge in [0.2, 0.25) is 0 Å². The van der Waals surface area contributed by atoms with E-state index in [1.165, 1.54) is 19.2 Å². The molecule has 0 spiro atoms. The SMILES string of the molecule is COc1cccc(C(=O)N2C(=O)NC(C)(C)C2=O)c1. The van der Waals surface area contributed by atoms with Crippen LogP contribution in [0.25, 0.3) is 0 Å². The second-order valence-corrected chi connectivity index (χ2v) is 4.73. The Morgan fingerprint density at radius 1 is 1.32 bits per heavy atom. The molecule has 0 atom stereocenters. The largest absolute Gasteiger partial charge is 0.497 e. The fourth-order valence-corrected chi connectivity index (χ4v) is 1.82. The van der Waals surface area contributed by atoms with Gasteiger partial charge >= 0.3 is 6.03 Å². The lowest BCUT2D eigenvalue weighted by atomic mass is 10.1. The van der Waals surface area contributed by atoms with Gasteiger partial charge in [0.25, 0.3) is 11.8 Å². The summed E-state index contributed by atoms with van der Waals surface area (Å²) in [6.45, 7) is 3.10. The van der Waals surface area contributed by atoms with Gasteiger partial charge in [-0.25, -0.2) is 4.79 Å². The molecule has 4 amide bonds. The molecule has 6 heteroatoms. The summed E-state index contributed by atoms with van der Waals surface area (Å²) in [6.07, 6.45) is 0. The van der Waals surface area contributed by atoms with Gasteiger partial charge in [0, 0.05) is 5.56 Å². The van der Waals surface area contributed by atoms with Crippen LogP contribution < -0.4 is 10.1 Å². The van der Waals surface area contributed by atoms with Crippen LogP contribution in [-0.2, 0) is 4.79 Å². The molecule has 1 aromatic carbocycles. The van der Waals surface area contributed by atoms with Crippen molar-refractivity contribution < 1.29 is 19.1 Å². The van der Waals surface area contributed by atoms with Gasteiger partial charge in [0.1, 0.15) is 11.3 Å². The topological polar surface area (TPSA) is 75.7 Å². The first kappa shape index (κ1) is 13.1. The zero-order valence-corrected chi connectivity index (χ0v) is 10.9. The number of methoxy groups -OCH3 is 1. The summed E-state index contributed by atoms with van der Waals surface area (Å²) in [5.41, 5.74) is -0.841. The molecule has 0 aliphatic carbocycles. The molecular formula is C13H14N2O4. The Kier molecular flexibility index (Phi) is 3.01. The first-order chi connectivity index (χ1) is 8.86. The summed E-state index contributed by atoms with van der Waals surface area (Å²) in [6, 6.07) is 5.59. The number of carbonyl (C=O) groups excluding carboxylic acids is 3. The van der Waals surface area contributed by atoms with Crippen LogP contribution in [0.2, 0.25) is 0 Å². The van der Waals surface area contributed by atoms with E-state index in [-0.39, 0.29) is 5.56 Å². The normalized spacial score (nSPS) is 17.3. The second kappa shape index (κ2) is 4.38. The van der Waals surface area contributed by atoms with Crippen molar-refractivity contribution in [3.63, 3.8) is 0 Å². The molecule has 1 saturated heterocycles. The second-order valence-electron chi connectivity index (χ2n) is 4.73. The van der Waals surface area contributed by atoms with Crippen LogP contribution in [-0.4, -0.2) is 35.4 Å². The monoisotopic (exact) mass is 262 g/mol. The van der Waals surface area contributed by atoms with Gasteiger partial charge < -0.3 is 10.1 Å². The predicted octanol–water partition coefficient (Wildman–Crippen LogP) is 1.17. The minimum absolute atomic E-state index is 0.223. The number of amides is 4. The zero-order chi connectivity index (χ0) is 14.2. The van der Waals surface area contributed by atoms with Gasteiger partial charge in [0.15, 0.2) is 0 Å². The maximum Gasteiger partial charge on any atom is 0.332 e. The van der Waals surface area contributed by atoms with Gasteiger partial charge in [-0.2, -0.15) is 4.90 Å². The van der Waals surface area contributed by atoms with E-state index in [0.717, 1.165) is 0 Å². The van der Waals surface area contributed by atoms with Crippen LogP contribution in [0.4, 0.5) is 4.79 Å². The van der Waals surface area contributed by atoms with Gasteiger partial charge in [-0.15, -0.1) is 0 Å². The van der Waals surface area contributed by atoms with E-state index in [0.29, 0.717) is 10.6 Å². The lowest BCUT2D eigenvalue weighted by molar-refractivity contribution is -0.128. The molecule has 1 N–H and O–H groups in total. The quantitative estimate of drug-likeness (QED) is 0.641. The minimum Gasteiger partial charge on any atom is -0.497 e. The molecule has 1 aromatic rings. The van der Waals surface area contributed by atoms with E-state index in [4.69, 9.17) is 4.74 Å². The molecule has 6 nitrogen and oxygen atoms in total. The van der Waals surface area contributed by atoms with Crippen molar-refractivity contribution in [3.05, 3.63) is 29.8 Å². The van der Waals surface area contributed by atoms with E-state index >= 15 is 0 Å². The van der Waals surface area contributed by atoms with Crippen molar-refractivity contribution in [2.24, 2.45) is 0 Å². The molecule has 19 heavy (non-hydrogen) atoms. The molecule has 0 bridgehead atoms. The third kappa shape index (κ3) is 2.16. The highest BCUT2D eigenvalue weighted by Gasteiger charge is 2.47. The maximum atomic E-state index is 12.2. The Bertz CT molecular complexity index is 566. The average molecular weight is 262 g/mol. The molecule has 0 aromatic heterocycles. The number of nitrogens with zero attached hydrogens (tertiary/aromatic N) is 1. The predicted molar refractivity (Wildman–Crippen MR) is 66.8 cm³/mol. The molecule has 1 fully saturated rings. The zero-order valence-electron chi connectivity index (χ0n) is 10.9. The fraction of sp³-hybridized carbons (Fsp3) is 0.308. The van der Waals surface area contributed by atoms with Gasteiger partial charge in [0.05, 0.1) is 7.11 Å². The molecule has 1 aliphatic heterocycles. The first-order valence-electron chi connectivity index (χ1n) is 5.72. The average Bonchev–Trinajstić information content (AvgIpc) is 2.58. The van der Waals surface area contributed by atoms with Crippen LogP contribution in [0.15, 0.2) is 24.3 Å². The highest BCUT2D eigenvalue weighted by Crippen LogP contribution is 2.21. The summed E-state index contributed by atoms with van der Waals surface area (Å²) in [5, 5.41) is 2.46. The molecule has 2 rings (SSSR count). The van der Waals surface area contributed by atoms with Gasteiger partial charge in [-0.3, -0.25) is 9.59 Å². The molecule has 0 saturated carbocycles. The lowest BCUT2D eigenvalue weighted by Gasteiger charge is -2.14. The Labute approximate surface area is 110 Å². The fourth-order valence-electron chi connectivity index (χ4n) is 1.82. The standard InChI is InChI=1S/C13H14N2O4/c1-13(2)11(17)15(12(18)14-13)10(16)8-5-4-6-9(7-8)19-3/h4-7H,1-3H3,(H,14,18). The summed E-state index contributed by atoms with van der Waals surface area (Å²) < 4.78 is 5.01. The number of hydrogen-bond donors (Lipinski definition) is 1. The molecule has 0 radical (unpaired) electrons. The van der Waals surface area contributed by atoms with E-state index in [1.807, 2.05) is 0 Å². The maximum absolute atomic E-state index is 12.2. The van der Waals surface area contributed by atoms with E-state index in [9.17, 15) is 14.4 Å². The van der Waals surface area contributed by atoms with E-state index < -0.39 is 23.4 Å². The van der Waals surface area contributed by atoms with Crippen molar-refractivity contribution in [2.45, 2.75) is 19.4 Å². The summed E-state index contributed by atoms with van der Waals surface area (Å²) in [7, 11) is 1.47.